The van der Waals surface area contributed by atoms with Crippen LogP contribution in [0.15, 0.2) is 47.6 Å². The highest BCUT2D eigenvalue weighted by Gasteiger charge is 2.29. The molecule has 3 N–H and O–H groups in total. The van der Waals surface area contributed by atoms with Crippen molar-refractivity contribution in [1.82, 2.24) is 20.2 Å². The van der Waals surface area contributed by atoms with Gasteiger partial charge >= 0.3 is 5.97 Å². The molecule has 1 fully saturated rings. The van der Waals surface area contributed by atoms with Gasteiger partial charge in [0.05, 0.1) is 23.6 Å². The molecule has 0 bridgehead atoms. The zero-order valence-corrected chi connectivity index (χ0v) is 18.7. The van der Waals surface area contributed by atoms with Gasteiger partial charge in [0, 0.05) is 11.4 Å². The number of nitrogens with one attached hydrogen (secondary N) is 1. The van der Waals surface area contributed by atoms with Gasteiger partial charge in [-0.1, -0.05) is 23.9 Å². The van der Waals surface area contributed by atoms with Crippen molar-refractivity contribution >= 4 is 33.4 Å². The second-order valence-electron chi connectivity index (χ2n) is 7.55. The Balaban J connectivity index is 1.47. The predicted molar refractivity (Wildman–Crippen MR) is 119 cm³/mol. The molecule has 4 rings (SSSR count). The molecule has 0 radical (unpaired) electrons. The SMILES string of the molecule is CS(=O)(=O)Nc1ccc(C(O)CSc2nnnn2-c2ccc(C(=O)O)c(C3CC3)c2)cc1. The van der Waals surface area contributed by atoms with Crippen LogP contribution in [0.1, 0.15) is 46.3 Å². The molecule has 32 heavy (non-hydrogen) atoms. The van der Waals surface area contributed by atoms with E-state index in [4.69, 9.17) is 0 Å². The lowest BCUT2D eigenvalue weighted by Crippen LogP contribution is -2.09. The van der Waals surface area contributed by atoms with Crippen LogP contribution in [0.25, 0.3) is 5.69 Å². The first-order valence-electron chi connectivity index (χ1n) is 9.76. The molecule has 0 aliphatic heterocycles. The molecule has 168 valence electrons. The van der Waals surface area contributed by atoms with Crippen LogP contribution in [-0.4, -0.2) is 56.8 Å². The van der Waals surface area contributed by atoms with Gasteiger partial charge in [0.2, 0.25) is 15.2 Å². The second kappa shape index (κ2) is 8.88. The third kappa shape index (κ3) is 5.26. The topological polar surface area (TPSA) is 147 Å². The van der Waals surface area contributed by atoms with Crippen molar-refractivity contribution in [3.05, 3.63) is 59.2 Å². The summed E-state index contributed by atoms with van der Waals surface area (Å²) in [6.45, 7) is 0. The zero-order valence-electron chi connectivity index (χ0n) is 17.0. The van der Waals surface area contributed by atoms with E-state index in [0.29, 0.717) is 27.7 Å². The van der Waals surface area contributed by atoms with E-state index in [1.54, 1.807) is 36.4 Å². The van der Waals surface area contributed by atoms with Crippen LogP contribution in [-0.2, 0) is 10.0 Å². The van der Waals surface area contributed by atoms with Crippen LogP contribution in [0.2, 0.25) is 0 Å². The summed E-state index contributed by atoms with van der Waals surface area (Å²) in [6, 6.07) is 11.5. The van der Waals surface area contributed by atoms with E-state index in [1.165, 1.54) is 16.4 Å². The van der Waals surface area contributed by atoms with E-state index < -0.39 is 22.1 Å². The van der Waals surface area contributed by atoms with Crippen LogP contribution in [0, 0.1) is 0 Å². The molecule has 10 nitrogen and oxygen atoms in total. The molecule has 1 heterocycles. The number of aromatic carboxylic acids is 1. The molecule has 1 saturated carbocycles. The van der Waals surface area contributed by atoms with E-state index >= 15 is 0 Å². The average Bonchev–Trinajstić information content (AvgIpc) is 3.48. The predicted octanol–water partition coefficient (Wildman–Crippen LogP) is 2.44. The van der Waals surface area contributed by atoms with Gasteiger partial charge in [-0.3, -0.25) is 4.72 Å². The Morgan fingerprint density at radius 1 is 1.25 bits per heavy atom. The number of aliphatic hydroxyl groups is 1. The summed E-state index contributed by atoms with van der Waals surface area (Å²) < 4.78 is 26.5. The van der Waals surface area contributed by atoms with Crippen LogP contribution in [0.3, 0.4) is 0 Å². The fourth-order valence-electron chi connectivity index (χ4n) is 3.28. The Morgan fingerprint density at radius 3 is 2.59 bits per heavy atom. The molecule has 1 aliphatic carbocycles. The minimum atomic E-state index is -3.37. The number of hydrogen-bond acceptors (Lipinski definition) is 8. The first kappa shape index (κ1) is 22.2. The number of nitrogens with zero attached hydrogens (tertiary/aromatic N) is 4. The van der Waals surface area contributed by atoms with Gasteiger partial charge < -0.3 is 10.2 Å². The lowest BCUT2D eigenvalue weighted by atomic mass is 10.0. The molecular formula is C20H21N5O5S2. The van der Waals surface area contributed by atoms with Crippen molar-refractivity contribution in [2.24, 2.45) is 0 Å². The summed E-state index contributed by atoms with van der Waals surface area (Å²) >= 11 is 1.26. The first-order valence-corrected chi connectivity index (χ1v) is 12.6. The third-order valence-corrected chi connectivity index (χ3v) is 6.54. The lowest BCUT2D eigenvalue weighted by Gasteiger charge is -2.12. The van der Waals surface area contributed by atoms with Crippen LogP contribution in [0.4, 0.5) is 5.69 Å². The van der Waals surface area contributed by atoms with E-state index in [-0.39, 0.29) is 11.7 Å². The number of tetrazole rings is 1. The van der Waals surface area contributed by atoms with Crippen molar-refractivity contribution in [2.75, 3.05) is 16.7 Å². The molecule has 0 amide bonds. The summed E-state index contributed by atoms with van der Waals surface area (Å²) in [5.74, 6) is -0.441. The minimum absolute atomic E-state index is 0.246. The van der Waals surface area contributed by atoms with Gasteiger partial charge in [0.25, 0.3) is 0 Å². The van der Waals surface area contributed by atoms with Crippen molar-refractivity contribution in [1.29, 1.82) is 0 Å². The molecule has 1 unspecified atom stereocenters. The average molecular weight is 476 g/mol. The standard InChI is InChI=1S/C20H21N5O5S2/c1-32(29,30)22-14-6-4-13(5-7-14)18(26)11-31-20-21-23-24-25(20)15-8-9-16(19(27)28)17(10-15)12-2-3-12/h4-10,12,18,22,26H,2-3,11H2,1H3,(H,27,28). The minimum Gasteiger partial charge on any atom is -0.478 e. The Labute approximate surface area is 188 Å². The number of rotatable bonds is 9. The Morgan fingerprint density at radius 2 is 1.97 bits per heavy atom. The number of anilines is 1. The van der Waals surface area contributed by atoms with Gasteiger partial charge in [-0.15, -0.1) is 5.10 Å². The Kier molecular flexibility index (Phi) is 6.17. The number of benzene rings is 2. The second-order valence-corrected chi connectivity index (χ2v) is 10.3. The molecule has 1 atom stereocenters. The van der Waals surface area contributed by atoms with Crippen LogP contribution >= 0.6 is 11.8 Å². The highest BCUT2D eigenvalue weighted by Crippen LogP contribution is 2.42. The number of carbonyl (C=O) groups is 1. The van der Waals surface area contributed by atoms with Gasteiger partial charge in [-0.05, 0) is 70.6 Å². The third-order valence-electron chi connectivity index (χ3n) is 4.94. The fourth-order valence-corrected chi connectivity index (χ4v) is 4.70. The monoisotopic (exact) mass is 475 g/mol. The number of carboxylic acids is 1. The lowest BCUT2D eigenvalue weighted by molar-refractivity contribution is 0.0695. The molecule has 0 spiro atoms. The summed E-state index contributed by atoms with van der Waals surface area (Å²) in [7, 11) is -3.37. The van der Waals surface area contributed by atoms with E-state index in [2.05, 4.69) is 20.2 Å². The van der Waals surface area contributed by atoms with Crippen molar-refractivity contribution in [2.45, 2.75) is 30.0 Å². The van der Waals surface area contributed by atoms with Gasteiger partial charge in [-0.2, -0.15) is 4.68 Å². The van der Waals surface area contributed by atoms with Crippen molar-refractivity contribution < 1.29 is 23.4 Å². The smallest absolute Gasteiger partial charge is 0.335 e. The van der Waals surface area contributed by atoms with Crippen molar-refractivity contribution in [3.63, 3.8) is 0 Å². The number of aromatic nitrogens is 4. The molecule has 1 aromatic heterocycles. The first-order chi connectivity index (χ1) is 15.2. The van der Waals surface area contributed by atoms with Crippen LogP contribution in [0.5, 0.6) is 0 Å². The number of sulfonamides is 1. The summed E-state index contributed by atoms with van der Waals surface area (Å²) in [5, 5.41) is 32.2. The Bertz CT molecular complexity index is 1240. The maximum absolute atomic E-state index is 11.5. The number of carboxylic acid groups (broad SMARTS) is 1. The van der Waals surface area contributed by atoms with E-state index in [1.807, 2.05) is 6.07 Å². The van der Waals surface area contributed by atoms with E-state index in [0.717, 1.165) is 24.7 Å². The maximum atomic E-state index is 11.5. The molecule has 3 aromatic rings. The van der Waals surface area contributed by atoms with Gasteiger partial charge in [-0.25, -0.2) is 13.2 Å². The molecule has 1 aliphatic rings. The number of aliphatic hydroxyl groups excluding tert-OH is 1. The van der Waals surface area contributed by atoms with Crippen molar-refractivity contribution in [3.8, 4) is 5.69 Å². The quantitative estimate of drug-likeness (QED) is 0.397. The summed E-state index contributed by atoms with van der Waals surface area (Å²) in [4.78, 5) is 11.5. The number of hydrogen-bond donors (Lipinski definition) is 3. The van der Waals surface area contributed by atoms with Gasteiger partial charge in [0.15, 0.2) is 0 Å². The summed E-state index contributed by atoms with van der Waals surface area (Å²) in [6.07, 6.45) is 2.17. The number of thioether (sulfide) groups is 1. The normalized spacial score (nSPS) is 14.8. The molecule has 0 saturated heterocycles. The summed E-state index contributed by atoms with van der Waals surface area (Å²) in [5.41, 5.74) is 2.77. The zero-order chi connectivity index (χ0) is 22.9. The molecular weight excluding hydrogens is 454 g/mol. The van der Waals surface area contributed by atoms with E-state index in [9.17, 15) is 23.4 Å². The van der Waals surface area contributed by atoms with Crippen LogP contribution < -0.4 is 4.72 Å². The largest absolute Gasteiger partial charge is 0.478 e. The molecule has 2 aromatic carbocycles. The fraction of sp³-hybridized carbons (Fsp3) is 0.300. The maximum Gasteiger partial charge on any atom is 0.335 e. The molecule has 12 heteroatoms. The van der Waals surface area contributed by atoms with Gasteiger partial charge in [0.1, 0.15) is 0 Å². The highest BCUT2D eigenvalue weighted by molar-refractivity contribution is 7.99. The highest BCUT2D eigenvalue weighted by atomic mass is 32.2. The Hall–Kier alpha value is -2.96.